The second-order valence-corrected chi connectivity index (χ2v) is 5.25. The lowest BCUT2D eigenvalue weighted by Gasteiger charge is -2.37. The lowest BCUT2D eigenvalue weighted by molar-refractivity contribution is 0.161. The molecule has 3 atom stereocenters. The summed E-state index contributed by atoms with van der Waals surface area (Å²) in [6.45, 7) is 7.06. The Labute approximate surface area is 94.5 Å². The molecule has 0 aliphatic heterocycles. The summed E-state index contributed by atoms with van der Waals surface area (Å²) in [5.41, 5.74) is 0. The Morgan fingerprint density at radius 3 is 2.47 bits per heavy atom. The van der Waals surface area contributed by atoms with Crippen molar-refractivity contribution in [3.63, 3.8) is 0 Å². The molecule has 0 saturated heterocycles. The van der Waals surface area contributed by atoms with Crippen LogP contribution in [0, 0.1) is 11.8 Å². The van der Waals surface area contributed by atoms with E-state index >= 15 is 0 Å². The van der Waals surface area contributed by atoms with Crippen LogP contribution in [0.5, 0.6) is 0 Å². The summed E-state index contributed by atoms with van der Waals surface area (Å²) in [5.74, 6) is 1.57. The first-order chi connectivity index (χ1) is 7.19. The third-order valence-electron chi connectivity index (χ3n) is 3.84. The first-order valence-corrected chi connectivity index (χ1v) is 6.56. The average Bonchev–Trinajstić information content (AvgIpc) is 2.26. The number of aliphatic hydroxyl groups is 1. The van der Waals surface area contributed by atoms with Crippen LogP contribution in [0.1, 0.15) is 52.9 Å². The predicted molar refractivity (Wildman–Crippen MR) is 64.9 cm³/mol. The van der Waals surface area contributed by atoms with Gasteiger partial charge >= 0.3 is 0 Å². The molecule has 3 unspecified atom stereocenters. The van der Waals surface area contributed by atoms with Crippen LogP contribution in [0.15, 0.2) is 0 Å². The van der Waals surface area contributed by atoms with Crippen molar-refractivity contribution in [1.29, 1.82) is 0 Å². The topological polar surface area (TPSA) is 32.3 Å². The van der Waals surface area contributed by atoms with Crippen LogP contribution in [-0.2, 0) is 0 Å². The molecule has 1 aliphatic carbocycles. The smallest absolute Gasteiger partial charge is 0.0584 e. The van der Waals surface area contributed by atoms with Crippen molar-refractivity contribution in [2.75, 3.05) is 6.61 Å². The van der Waals surface area contributed by atoms with Gasteiger partial charge in [0.25, 0.3) is 0 Å². The number of rotatable bonds is 5. The van der Waals surface area contributed by atoms with Gasteiger partial charge in [0.1, 0.15) is 0 Å². The second kappa shape index (κ2) is 6.49. The zero-order chi connectivity index (χ0) is 11.3. The standard InChI is InChI=1S/C13H27NO/c1-4-11(9-15)14-13-8-6-5-7-12(13)10(2)3/h10-15H,4-9H2,1-3H3. The van der Waals surface area contributed by atoms with E-state index in [0.717, 1.165) is 18.3 Å². The predicted octanol–water partition coefficient (Wildman–Crippen LogP) is 2.56. The molecule has 2 nitrogen and oxygen atoms in total. The third-order valence-corrected chi connectivity index (χ3v) is 3.84. The number of hydrogen-bond acceptors (Lipinski definition) is 2. The lowest BCUT2D eigenvalue weighted by Crippen LogP contribution is -2.47. The van der Waals surface area contributed by atoms with Gasteiger partial charge in [-0.15, -0.1) is 0 Å². The highest BCUT2D eigenvalue weighted by molar-refractivity contribution is 4.85. The Kier molecular flexibility index (Phi) is 5.62. The largest absolute Gasteiger partial charge is 0.395 e. The average molecular weight is 213 g/mol. The Balaban J connectivity index is 2.48. The zero-order valence-corrected chi connectivity index (χ0v) is 10.5. The second-order valence-electron chi connectivity index (χ2n) is 5.25. The van der Waals surface area contributed by atoms with Crippen LogP contribution in [0.2, 0.25) is 0 Å². The molecular weight excluding hydrogens is 186 g/mol. The quantitative estimate of drug-likeness (QED) is 0.735. The van der Waals surface area contributed by atoms with E-state index in [4.69, 9.17) is 0 Å². The number of hydrogen-bond donors (Lipinski definition) is 2. The van der Waals surface area contributed by atoms with Crippen LogP contribution in [0.4, 0.5) is 0 Å². The van der Waals surface area contributed by atoms with Crippen molar-refractivity contribution in [1.82, 2.24) is 5.32 Å². The Morgan fingerprint density at radius 2 is 1.93 bits per heavy atom. The molecule has 1 aliphatic rings. The molecule has 1 rings (SSSR count). The van der Waals surface area contributed by atoms with Gasteiger partial charge in [0.15, 0.2) is 0 Å². The van der Waals surface area contributed by atoms with Gasteiger partial charge in [-0.2, -0.15) is 0 Å². The van der Waals surface area contributed by atoms with Gasteiger partial charge in [0.2, 0.25) is 0 Å². The molecule has 0 aromatic carbocycles. The van der Waals surface area contributed by atoms with E-state index in [1.165, 1.54) is 25.7 Å². The fraction of sp³-hybridized carbons (Fsp3) is 1.00. The maximum Gasteiger partial charge on any atom is 0.0584 e. The summed E-state index contributed by atoms with van der Waals surface area (Å²) < 4.78 is 0. The maximum atomic E-state index is 9.22. The van der Waals surface area contributed by atoms with E-state index in [9.17, 15) is 5.11 Å². The summed E-state index contributed by atoms with van der Waals surface area (Å²) in [7, 11) is 0. The van der Waals surface area contributed by atoms with Crippen molar-refractivity contribution in [3.8, 4) is 0 Å². The first kappa shape index (κ1) is 13.0. The molecule has 0 amide bonds. The zero-order valence-electron chi connectivity index (χ0n) is 10.5. The van der Waals surface area contributed by atoms with Crippen molar-refractivity contribution in [3.05, 3.63) is 0 Å². The molecule has 1 fully saturated rings. The van der Waals surface area contributed by atoms with Crippen molar-refractivity contribution in [2.45, 2.75) is 65.0 Å². The highest BCUT2D eigenvalue weighted by atomic mass is 16.3. The third kappa shape index (κ3) is 3.76. The van der Waals surface area contributed by atoms with Crippen molar-refractivity contribution in [2.24, 2.45) is 11.8 Å². The highest BCUT2D eigenvalue weighted by Crippen LogP contribution is 2.30. The van der Waals surface area contributed by atoms with E-state index in [1.807, 2.05) is 0 Å². The van der Waals surface area contributed by atoms with E-state index < -0.39 is 0 Å². The maximum absolute atomic E-state index is 9.22. The van der Waals surface area contributed by atoms with Gasteiger partial charge in [0.05, 0.1) is 6.61 Å². The molecule has 1 saturated carbocycles. The van der Waals surface area contributed by atoms with Crippen LogP contribution < -0.4 is 5.32 Å². The Bertz CT molecular complexity index is 166. The number of nitrogens with one attached hydrogen (secondary N) is 1. The molecule has 2 N–H and O–H groups in total. The molecule has 2 heteroatoms. The summed E-state index contributed by atoms with van der Waals surface area (Å²) in [6.07, 6.45) is 6.41. The van der Waals surface area contributed by atoms with E-state index in [1.54, 1.807) is 0 Å². The summed E-state index contributed by atoms with van der Waals surface area (Å²) in [5, 5.41) is 12.9. The molecule has 0 spiro atoms. The van der Waals surface area contributed by atoms with Gasteiger partial charge in [-0.25, -0.2) is 0 Å². The number of aliphatic hydroxyl groups excluding tert-OH is 1. The first-order valence-electron chi connectivity index (χ1n) is 6.56. The molecular formula is C13H27NO. The molecule has 0 aromatic heterocycles. The minimum atomic E-state index is 0.276. The van der Waals surface area contributed by atoms with Gasteiger partial charge in [-0.1, -0.05) is 33.6 Å². The Hall–Kier alpha value is -0.0800. The van der Waals surface area contributed by atoms with Crippen LogP contribution in [0.25, 0.3) is 0 Å². The highest BCUT2D eigenvalue weighted by Gasteiger charge is 2.28. The SMILES string of the molecule is CCC(CO)NC1CCCCC1C(C)C. The lowest BCUT2D eigenvalue weighted by atomic mass is 9.77. The van der Waals surface area contributed by atoms with Gasteiger partial charge in [-0.05, 0) is 31.1 Å². The summed E-state index contributed by atoms with van der Waals surface area (Å²) in [4.78, 5) is 0. The summed E-state index contributed by atoms with van der Waals surface area (Å²) >= 11 is 0. The van der Waals surface area contributed by atoms with Gasteiger partial charge in [-0.3, -0.25) is 0 Å². The van der Waals surface area contributed by atoms with Gasteiger partial charge < -0.3 is 10.4 Å². The van der Waals surface area contributed by atoms with E-state index in [-0.39, 0.29) is 6.61 Å². The van der Waals surface area contributed by atoms with Crippen LogP contribution >= 0.6 is 0 Å². The molecule has 0 aromatic rings. The normalized spacial score (nSPS) is 29.4. The van der Waals surface area contributed by atoms with E-state index in [2.05, 4.69) is 26.1 Å². The van der Waals surface area contributed by atoms with Crippen molar-refractivity contribution < 1.29 is 5.11 Å². The molecule has 0 radical (unpaired) electrons. The van der Waals surface area contributed by atoms with E-state index in [0.29, 0.717) is 12.1 Å². The fourth-order valence-electron chi connectivity index (χ4n) is 2.77. The monoisotopic (exact) mass is 213 g/mol. The molecule has 90 valence electrons. The van der Waals surface area contributed by atoms with Crippen LogP contribution in [0.3, 0.4) is 0 Å². The minimum absolute atomic E-state index is 0.276. The molecule has 0 bridgehead atoms. The van der Waals surface area contributed by atoms with Crippen molar-refractivity contribution >= 4 is 0 Å². The summed E-state index contributed by atoms with van der Waals surface area (Å²) in [6, 6.07) is 0.935. The molecule has 0 heterocycles. The molecule has 15 heavy (non-hydrogen) atoms. The minimum Gasteiger partial charge on any atom is -0.395 e. The Morgan fingerprint density at radius 1 is 1.27 bits per heavy atom. The van der Waals surface area contributed by atoms with Gasteiger partial charge in [0, 0.05) is 12.1 Å². The van der Waals surface area contributed by atoms with Crippen LogP contribution in [-0.4, -0.2) is 23.8 Å². The fourth-order valence-corrected chi connectivity index (χ4v) is 2.77.